The lowest BCUT2D eigenvalue weighted by Gasteiger charge is -2.07. The number of ether oxygens (including phenoxy) is 2. The van der Waals surface area contributed by atoms with Gasteiger partial charge in [0, 0.05) is 0 Å². The smallest absolute Gasteiger partial charge is 0.339 e. The predicted molar refractivity (Wildman–Crippen MR) is 82.9 cm³/mol. The van der Waals surface area contributed by atoms with Crippen LogP contribution in [0.5, 0.6) is 0 Å². The Morgan fingerprint density at radius 2 is 1.65 bits per heavy atom. The van der Waals surface area contributed by atoms with Crippen molar-refractivity contribution in [3.63, 3.8) is 0 Å². The highest BCUT2D eigenvalue weighted by atomic mass is 16.5. The van der Waals surface area contributed by atoms with E-state index in [9.17, 15) is 9.59 Å². The minimum atomic E-state index is -0.473. The van der Waals surface area contributed by atoms with Gasteiger partial charge in [-0.2, -0.15) is 0 Å². The molecule has 0 radical (unpaired) electrons. The van der Waals surface area contributed by atoms with Gasteiger partial charge in [0.1, 0.15) is 0 Å². The summed E-state index contributed by atoms with van der Waals surface area (Å²) in [6, 6.07) is 13.7. The number of aromatic nitrogens is 2. The summed E-state index contributed by atoms with van der Waals surface area (Å²) in [6.07, 6.45) is 1.62. The van der Waals surface area contributed by atoms with Gasteiger partial charge in [-0.1, -0.05) is 12.1 Å². The summed E-state index contributed by atoms with van der Waals surface area (Å²) in [5.41, 5.74) is 2.47. The van der Waals surface area contributed by atoms with Crippen LogP contribution in [0, 0.1) is 0 Å². The Morgan fingerprint density at radius 3 is 2.35 bits per heavy atom. The zero-order valence-corrected chi connectivity index (χ0v) is 12.4. The number of fused-ring (bicyclic) bond motifs is 1. The largest absolute Gasteiger partial charge is 0.465 e. The molecule has 0 saturated carbocycles. The molecule has 1 heterocycles. The molecular formula is C17H14N2O4. The minimum Gasteiger partial charge on any atom is -0.465 e. The number of para-hydroxylation sites is 2. The second kappa shape index (κ2) is 6.31. The van der Waals surface area contributed by atoms with Crippen molar-refractivity contribution in [2.45, 2.75) is 6.73 Å². The maximum absolute atomic E-state index is 12.1. The van der Waals surface area contributed by atoms with Crippen molar-refractivity contribution in [2.75, 3.05) is 7.11 Å². The van der Waals surface area contributed by atoms with Gasteiger partial charge in [0.15, 0.2) is 6.73 Å². The van der Waals surface area contributed by atoms with Gasteiger partial charge in [0.2, 0.25) is 0 Å². The molecule has 0 unspecified atom stereocenters. The molecule has 2 aromatic carbocycles. The molecule has 0 aliphatic carbocycles. The fourth-order valence-electron chi connectivity index (χ4n) is 2.18. The molecule has 3 aromatic rings. The van der Waals surface area contributed by atoms with E-state index in [4.69, 9.17) is 4.74 Å². The maximum Gasteiger partial charge on any atom is 0.339 e. The van der Waals surface area contributed by atoms with Crippen molar-refractivity contribution in [2.24, 2.45) is 0 Å². The summed E-state index contributed by atoms with van der Waals surface area (Å²) in [5.74, 6) is -0.922. The Morgan fingerprint density at radius 1 is 1.00 bits per heavy atom. The molecule has 23 heavy (non-hydrogen) atoms. The summed E-state index contributed by atoms with van der Waals surface area (Å²) in [4.78, 5) is 27.6. The van der Waals surface area contributed by atoms with Gasteiger partial charge in [0.25, 0.3) is 0 Å². The van der Waals surface area contributed by atoms with E-state index in [0.717, 1.165) is 11.0 Å². The van der Waals surface area contributed by atoms with Gasteiger partial charge in [0.05, 0.1) is 35.6 Å². The molecule has 1 aromatic heterocycles. The SMILES string of the molecule is COC(=O)c1ccc(C(=O)OCn2cnc3ccccc32)cc1. The van der Waals surface area contributed by atoms with E-state index in [2.05, 4.69) is 9.72 Å². The Balaban J connectivity index is 1.68. The fourth-order valence-corrected chi connectivity index (χ4v) is 2.18. The average Bonchev–Trinajstić information content (AvgIpc) is 3.02. The molecule has 0 atom stereocenters. The highest BCUT2D eigenvalue weighted by Crippen LogP contribution is 2.13. The summed E-state index contributed by atoms with van der Waals surface area (Å²) in [7, 11) is 1.31. The van der Waals surface area contributed by atoms with E-state index < -0.39 is 11.9 Å². The first-order valence-electron chi connectivity index (χ1n) is 6.94. The topological polar surface area (TPSA) is 70.4 Å². The third-order valence-electron chi connectivity index (χ3n) is 3.40. The van der Waals surface area contributed by atoms with E-state index in [1.54, 1.807) is 10.9 Å². The summed E-state index contributed by atoms with van der Waals surface area (Å²) in [5, 5.41) is 0. The molecule has 0 fully saturated rings. The average molecular weight is 310 g/mol. The lowest BCUT2D eigenvalue weighted by molar-refractivity contribution is 0.0378. The number of hydrogen-bond acceptors (Lipinski definition) is 5. The molecular weight excluding hydrogens is 296 g/mol. The van der Waals surface area contributed by atoms with E-state index in [1.807, 2.05) is 24.3 Å². The molecule has 6 heteroatoms. The number of carbonyl (C=O) groups excluding carboxylic acids is 2. The van der Waals surface area contributed by atoms with E-state index in [0.29, 0.717) is 11.1 Å². The summed E-state index contributed by atoms with van der Waals surface area (Å²) >= 11 is 0. The number of carbonyl (C=O) groups is 2. The Hall–Kier alpha value is -3.15. The fraction of sp³-hybridized carbons (Fsp3) is 0.118. The normalized spacial score (nSPS) is 10.5. The van der Waals surface area contributed by atoms with Crippen LogP contribution < -0.4 is 0 Å². The molecule has 6 nitrogen and oxygen atoms in total. The zero-order valence-electron chi connectivity index (χ0n) is 12.4. The number of esters is 2. The van der Waals surface area contributed by atoms with Gasteiger partial charge in [-0.15, -0.1) is 0 Å². The number of hydrogen-bond donors (Lipinski definition) is 0. The van der Waals surface area contributed by atoms with Gasteiger partial charge in [-0.05, 0) is 36.4 Å². The Bertz CT molecular complexity index is 852. The van der Waals surface area contributed by atoms with Crippen molar-refractivity contribution in [1.29, 1.82) is 0 Å². The first kappa shape index (κ1) is 14.8. The molecule has 0 aliphatic heterocycles. The van der Waals surface area contributed by atoms with Crippen molar-refractivity contribution in [3.8, 4) is 0 Å². The van der Waals surface area contributed by atoms with E-state index in [1.165, 1.54) is 31.4 Å². The third kappa shape index (κ3) is 3.06. The molecule has 3 rings (SSSR count). The Kier molecular flexibility index (Phi) is 4.05. The van der Waals surface area contributed by atoms with Crippen LogP contribution in [0.3, 0.4) is 0 Å². The quantitative estimate of drug-likeness (QED) is 0.693. The van der Waals surface area contributed by atoms with Crippen LogP contribution in [0.1, 0.15) is 20.7 Å². The van der Waals surface area contributed by atoms with Crippen LogP contribution in [-0.4, -0.2) is 28.6 Å². The Labute approximate surface area is 132 Å². The second-order valence-electron chi connectivity index (χ2n) is 4.83. The summed E-state index contributed by atoms with van der Waals surface area (Å²) in [6.45, 7) is 0.0676. The highest BCUT2D eigenvalue weighted by Gasteiger charge is 2.11. The van der Waals surface area contributed by atoms with E-state index >= 15 is 0 Å². The number of imidazole rings is 1. The monoisotopic (exact) mass is 310 g/mol. The molecule has 116 valence electrons. The molecule has 0 spiro atoms. The predicted octanol–water partition coefficient (Wildman–Crippen LogP) is 2.64. The van der Waals surface area contributed by atoms with Crippen LogP contribution in [0.2, 0.25) is 0 Å². The minimum absolute atomic E-state index is 0.0676. The van der Waals surface area contributed by atoms with Gasteiger partial charge < -0.3 is 9.47 Å². The van der Waals surface area contributed by atoms with Crippen molar-refractivity contribution in [1.82, 2.24) is 9.55 Å². The molecule has 0 bridgehead atoms. The number of methoxy groups -OCH3 is 1. The highest BCUT2D eigenvalue weighted by molar-refractivity contribution is 5.93. The van der Waals surface area contributed by atoms with E-state index in [-0.39, 0.29) is 6.73 Å². The van der Waals surface area contributed by atoms with Crippen molar-refractivity contribution >= 4 is 23.0 Å². The molecule has 0 N–H and O–H groups in total. The number of nitrogens with zero attached hydrogens (tertiary/aromatic N) is 2. The molecule has 0 saturated heterocycles. The first-order valence-corrected chi connectivity index (χ1v) is 6.94. The van der Waals surface area contributed by atoms with Gasteiger partial charge in [-0.25, -0.2) is 14.6 Å². The van der Waals surface area contributed by atoms with Crippen LogP contribution in [0.15, 0.2) is 54.9 Å². The lowest BCUT2D eigenvalue weighted by Crippen LogP contribution is -2.10. The summed E-state index contributed by atoms with van der Waals surface area (Å²) < 4.78 is 11.6. The molecule has 0 amide bonds. The third-order valence-corrected chi connectivity index (χ3v) is 3.40. The molecule has 0 aliphatic rings. The van der Waals surface area contributed by atoms with Crippen molar-refractivity contribution < 1.29 is 19.1 Å². The first-order chi connectivity index (χ1) is 11.2. The second-order valence-corrected chi connectivity index (χ2v) is 4.83. The van der Waals surface area contributed by atoms with Crippen LogP contribution in [0.25, 0.3) is 11.0 Å². The van der Waals surface area contributed by atoms with Gasteiger partial charge in [-0.3, -0.25) is 4.57 Å². The van der Waals surface area contributed by atoms with Crippen LogP contribution in [0.4, 0.5) is 0 Å². The van der Waals surface area contributed by atoms with Gasteiger partial charge >= 0.3 is 11.9 Å². The van der Waals surface area contributed by atoms with Crippen molar-refractivity contribution in [3.05, 3.63) is 66.0 Å². The number of benzene rings is 2. The van der Waals surface area contributed by atoms with Crippen LogP contribution >= 0.6 is 0 Å². The zero-order chi connectivity index (χ0) is 16.2. The maximum atomic E-state index is 12.1. The number of rotatable bonds is 4. The lowest BCUT2D eigenvalue weighted by atomic mass is 10.1. The van der Waals surface area contributed by atoms with Crippen LogP contribution in [-0.2, 0) is 16.2 Å². The standard InChI is InChI=1S/C17H14N2O4/c1-22-16(20)12-6-8-13(9-7-12)17(21)23-11-19-10-18-14-4-2-3-5-15(14)19/h2-10H,11H2,1H3.